The first kappa shape index (κ1) is 12.0. The van der Waals surface area contributed by atoms with Gasteiger partial charge in [-0.3, -0.25) is 0 Å². The number of hydrogen-bond donors (Lipinski definition) is 1. The van der Waals surface area contributed by atoms with Gasteiger partial charge in [-0.05, 0) is 25.5 Å². The SMILES string of the molecule is Cc1ccnc(N(C)C(C)C(=O)O)c1C#N. The van der Waals surface area contributed by atoms with E-state index < -0.39 is 12.0 Å². The highest BCUT2D eigenvalue weighted by molar-refractivity contribution is 5.78. The van der Waals surface area contributed by atoms with Crippen LogP contribution < -0.4 is 4.90 Å². The zero-order valence-corrected chi connectivity index (χ0v) is 9.43. The van der Waals surface area contributed by atoms with E-state index in [-0.39, 0.29) is 0 Å². The summed E-state index contributed by atoms with van der Waals surface area (Å²) in [4.78, 5) is 16.4. The lowest BCUT2D eigenvalue weighted by molar-refractivity contribution is -0.138. The molecule has 0 aliphatic carbocycles. The summed E-state index contributed by atoms with van der Waals surface area (Å²) in [5, 5.41) is 17.9. The molecule has 0 aliphatic heterocycles. The van der Waals surface area contributed by atoms with Crippen molar-refractivity contribution in [3.05, 3.63) is 23.4 Å². The number of anilines is 1. The molecule has 1 unspecified atom stereocenters. The molecule has 1 atom stereocenters. The number of nitriles is 1. The van der Waals surface area contributed by atoms with Crippen molar-refractivity contribution in [3.63, 3.8) is 0 Å². The monoisotopic (exact) mass is 219 g/mol. The van der Waals surface area contributed by atoms with Crippen molar-refractivity contribution < 1.29 is 9.90 Å². The predicted octanol–water partition coefficient (Wildman–Crippen LogP) is 1.17. The van der Waals surface area contributed by atoms with Gasteiger partial charge in [0, 0.05) is 13.2 Å². The van der Waals surface area contributed by atoms with Gasteiger partial charge in [-0.15, -0.1) is 0 Å². The van der Waals surface area contributed by atoms with Gasteiger partial charge in [-0.25, -0.2) is 9.78 Å². The summed E-state index contributed by atoms with van der Waals surface area (Å²) < 4.78 is 0. The van der Waals surface area contributed by atoms with Crippen molar-refractivity contribution in [3.8, 4) is 6.07 Å². The Morgan fingerprint density at radius 2 is 2.31 bits per heavy atom. The van der Waals surface area contributed by atoms with E-state index >= 15 is 0 Å². The van der Waals surface area contributed by atoms with Crippen molar-refractivity contribution in [1.82, 2.24) is 4.98 Å². The molecule has 1 N–H and O–H groups in total. The summed E-state index contributed by atoms with van der Waals surface area (Å²) in [7, 11) is 1.61. The third kappa shape index (κ3) is 2.11. The number of carboxylic acids is 1. The van der Waals surface area contributed by atoms with Crippen LogP contribution in [0.5, 0.6) is 0 Å². The smallest absolute Gasteiger partial charge is 0.326 e. The minimum atomic E-state index is -0.949. The van der Waals surface area contributed by atoms with Crippen LogP contribution in [0.3, 0.4) is 0 Å². The zero-order chi connectivity index (χ0) is 12.3. The van der Waals surface area contributed by atoms with Gasteiger partial charge in [0.2, 0.25) is 0 Å². The molecule has 0 saturated carbocycles. The van der Waals surface area contributed by atoms with Gasteiger partial charge in [0.05, 0.1) is 5.56 Å². The normalized spacial score (nSPS) is 11.6. The standard InChI is InChI=1S/C11H13N3O2/c1-7-4-5-13-10(9(7)6-12)14(3)8(2)11(15)16/h4-5,8H,1-3H3,(H,15,16). The average molecular weight is 219 g/mol. The van der Waals surface area contributed by atoms with Gasteiger partial charge >= 0.3 is 5.97 Å². The number of hydrogen-bond acceptors (Lipinski definition) is 4. The lowest BCUT2D eigenvalue weighted by atomic mass is 10.1. The van der Waals surface area contributed by atoms with Crippen LogP contribution in [0, 0.1) is 18.3 Å². The first-order valence-corrected chi connectivity index (χ1v) is 4.80. The Labute approximate surface area is 93.9 Å². The largest absolute Gasteiger partial charge is 0.480 e. The molecule has 0 aromatic carbocycles. The third-order valence-electron chi connectivity index (χ3n) is 2.52. The minimum Gasteiger partial charge on any atom is -0.480 e. The quantitative estimate of drug-likeness (QED) is 0.825. The Balaban J connectivity index is 3.19. The summed E-state index contributed by atoms with van der Waals surface area (Å²) in [5.74, 6) is -0.549. The zero-order valence-electron chi connectivity index (χ0n) is 9.43. The van der Waals surface area contributed by atoms with Gasteiger partial charge < -0.3 is 10.0 Å². The van der Waals surface area contributed by atoms with Crippen LogP contribution in [-0.4, -0.2) is 29.1 Å². The third-order valence-corrected chi connectivity index (χ3v) is 2.52. The van der Waals surface area contributed by atoms with Crippen LogP contribution in [0.25, 0.3) is 0 Å². The number of aromatic nitrogens is 1. The lowest BCUT2D eigenvalue weighted by Gasteiger charge is -2.23. The van der Waals surface area contributed by atoms with Crippen molar-refractivity contribution >= 4 is 11.8 Å². The number of carbonyl (C=O) groups is 1. The van der Waals surface area contributed by atoms with Crippen molar-refractivity contribution in [1.29, 1.82) is 5.26 Å². The highest BCUT2D eigenvalue weighted by atomic mass is 16.4. The Morgan fingerprint density at radius 3 is 2.81 bits per heavy atom. The van der Waals surface area contributed by atoms with E-state index in [1.807, 2.05) is 6.07 Å². The summed E-state index contributed by atoms with van der Waals surface area (Å²) in [6.45, 7) is 3.34. The van der Waals surface area contributed by atoms with E-state index in [2.05, 4.69) is 4.98 Å². The van der Waals surface area contributed by atoms with E-state index in [1.165, 1.54) is 4.90 Å². The van der Waals surface area contributed by atoms with E-state index in [0.717, 1.165) is 5.56 Å². The Hall–Kier alpha value is -2.09. The number of carboxylic acid groups (broad SMARTS) is 1. The molecule has 0 radical (unpaired) electrons. The Kier molecular flexibility index (Phi) is 3.46. The second kappa shape index (κ2) is 4.62. The molecule has 0 bridgehead atoms. The molecule has 84 valence electrons. The average Bonchev–Trinajstić information content (AvgIpc) is 2.26. The fourth-order valence-electron chi connectivity index (χ4n) is 1.30. The van der Waals surface area contributed by atoms with Crippen LogP contribution in [0.2, 0.25) is 0 Å². The fraction of sp³-hybridized carbons (Fsp3) is 0.364. The minimum absolute atomic E-state index is 0.400. The topological polar surface area (TPSA) is 77.2 Å². The van der Waals surface area contributed by atoms with Gasteiger partial charge in [-0.2, -0.15) is 5.26 Å². The molecule has 0 aliphatic rings. The van der Waals surface area contributed by atoms with E-state index in [4.69, 9.17) is 10.4 Å². The van der Waals surface area contributed by atoms with E-state index in [9.17, 15) is 4.79 Å². The number of nitrogens with zero attached hydrogens (tertiary/aromatic N) is 3. The molecule has 0 amide bonds. The summed E-state index contributed by atoms with van der Waals surface area (Å²) in [6.07, 6.45) is 1.57. The molecular formula is C11H13N3O2. The number of aliphatic carboxylic acids is 1. The highest BCUT2D eigenvalue weighted by Gasteiger charge is 2.21. The maximum atomic E-state index is 10.8. The molecule has 0 fully saturated rings. The first-order valence-electron chi connectivity index (χ1n) is 4.80. The summed E-state index contributed by atoms with van der Waals surface area (Å²) >= 11 is 0. The molecule has 1 rings (SSSR count). The second-order valence-electron chi connectivity index (χ2n) is 3.56. The van der Waals surface area contributed by atoms with Gasteiger partial charge in [0.15, 0.2) is 0 Å². The molecule has 5 nitrogen and oxygen atoms in total. The van der Waals surface area contributed by atoms with Crippen LogP contribution in [0.15, 0.2) is 12.3 Å². The van der Waals surface area contributed by atoms with Crippen LogP contribution in [-0.2, 0) is 4.79 Å². The van der Waals surface area contributed by atoms with Crippen molar-refractivity contribution in [2.45, 2.75) is 19.9 Å². The number of aryl methyl sites for hydroxylation is 1. The maximum absolute atomic E-state index is 10.8. The maximum Gasteiger partial charge on any atom is 0.326 e. The summed E-state index contributed by atoms with van der Waals surface area (Å²) in [6, 6.07) is 3.04. The Bertz CT molecular complexity index is 451. The highest BCUT2D eigenvalue weighted by Crippen LogP contribution is 2.20. The van der Waals surface area contributed by atoms with Gasteiger partial charge in [-0.1, -0.05) is 0 Å². The molecular weight excluding hydrogens is 206 g/mol. The van der Waals surface area contributed by atoms with Crippen molar-refractivity contribution in [2.24, 2.45) is 0 Å². The van der Waals surface area contributed by atoms with Crippen LogP contribution >= 0.6 is 0 Å². The number of likely N-dealkylation sites (N-methyl/N-ethyl adjacent to an activating group) is 1. The van der Waals surface area contributed by atoms with Crippen LogP contribution in [0.1, 0.15) is 18.1 Å². The molecule has 1 aromatic rings. The predicted molar refractivity (Wildman–Crippen MR) is 59.2 cm³/mol. The molecule has 0 spiro atoms. The van der Waals surface area contributed by atoms with Gasteiger partial charge in [0.1, 0.15) is 17.9 Å². The number of pyridine rings is 1. The molecule has 1 heterocycles. The molecule has 1 aromatic heterocycles. The molecule has 16 heavy (non-hydrogen) atoms. The van der Waals surface area contributed by atoms with E-state index in [1.54, 1.807) is 33.2 Å². The lowest BCUT2D eigenvalue weighted by Crippen LogP contribution is -2.36. The molecule has 5 heteroatoms. The fourth-order valence-corrected chi connectivity index (χ4v) is 1.30. The summed E-state index contributed by atoms with van der Waals surface area (Å²) in [5.41, 5.74) is 1.20. The van der Waals surface area contributed by atoms with E-state index in [0.29, 0.717) is 11.4 Å². The second-order valence-corrected chi connectivity index (χ2v) is 3.56. The van der Waals surface area contributed by atoms with Gasteiger partial charge in [0.25, 0.3) is 0 Å². The Morgan fingerprint density at radius 1 is 1.69 bits per heavy atom. The van der Waals surface area contributed by atoms with Crippen molar-refractivity contribution in [2.75, 3.05) is 11.9 Å². The first-order chi connectivity index (χ1) is 7.49. The molecule has 0 saturated heterocycles. The van der Waals surface area contributed by atoms with Crippen LogP contribution in [0.4, 0.5) is 5.82 Å². The number of rotatable bonds is 3.